The van der Waals surface area contributed by atoms with Crippen LogP contribution in [0, 0.1) is 24.6 Å². The van der Waals surface area contributed by atoms with Gasteiger partial charge in [0.2, 0.25) is 11.8 Å². The van der Waals surface area contributed by atoms with Crippen molar-refractivity contribution >= 4 is 33.4 Å². The number of hydrogen-bond donors (Lipinski definition) is 3. The van der Waals surface area contributed by atoms with Crippen LogP contribution >= 0.6 is 11.3 Å². The predicted molar refractivity (Wildman–Crippen MR) is 168 cm³/mol. The third-order valence-corrected chi connectivity index (χ3v) is 11.1. The van der Waals surface area contributed by atoms with E-state index in [4.69, 9.17) is 4.74 Å². The van der Waals surface area contributed by atoms with Crippen molar-refractivity contribution in [3.63, 3.8) is 0 Å². The quantitative estimate of drug-likeness (QED) is 0.349. The second-order valence-corrected chi connectivity index (χ2v) is 14.4. The van der Waals surface area contributed by atoms with E-state index in [0.717, 1.165) is 34.5 Å². The summed E-state index contributed by atoms with van der Waals surface area (Å²) in [4.78, 5) is 34.6. The van der Waals surface area contributed by atoms with Gasteiger partial charge in [0.15, 0.2) is 0 Å². The lowest BCUT2D eigenvalue weighted by atomic mass is 9.74. The Morgan fingerprint density at radius 2 is 1.96 bits per heavy atom. The number of aryl methyl sites for hydroxylation is 1. The van der Waals surface area contributed by atoms with E-state index in [0.29, 0.717) is 30.7 Å². The molecule has 2 aromatic carbocycles. The van der Waals surface area contributed by atoms with Crippen LogP contribution in [0.15, 0.2) is 36.4 Å². The lowest BCUT2D eigenvalue weighted by molar-refractivity contribution is -0.172. The Labute approximate surface area is 269 Å². The molecule has 3 aliphatic heterocycles. The molecule has 2 amide bonds. The summed E-state index contributed by atoms with van der Waals surface area (Å²) in [6.07, 6.45) is 3.25. The van der Waals surface area contributed by atoms with Gasteiger partial charge in [0.25, 0.3) is 5.92 Å². The summed E-state index contributed by atoms with van der Waals surface area (Å²) < 4.78 is 48.8. The van der Waals surface area contributed by atoms with Crippen molar-refractivity contribution in [2.24, 2.45) is 11.8 Å². The molecule has 246 valence electrons. The summed E-state index contributed by atoms with van der Waals surface area (Å²) >= 11 is 1.68. The molecule has 4 unspecified atom stereocenters. The van der Waals surface area contributed by atoms with Gasteiger partial charge in [-0.05, 0) is 74.8 Å². The fourth-order valence-corrected chi connectivity index (χ4v) is 8.65. The number of likely N-dealkylation sites (tertiary alicyclic amines) is 2. The van der Waals surface area contributed by atoms with Gasteiger partial charge in [0, 0.05) is 36.7 Å². The molecule has 4 fully saturated rings. The van der Waals surface area contributed by atoms with Gasteiger partial charge in [0.1, 0.15) is 11.6 Å². The van der Waals surface area contributed by atoms with Crippen molar-refractivity contribution in [3.8, 4) is 5.75 Å². The second-order valence-electron chi connectivity index (χ2n) is 13.2. The lowest BCUT2D eigenvalue weighted by Gasteiger charge is -2.45. The molecule has 3 N–H and O–H groups in total. The van der Waals surface area contributed by atoms with E-state index in [1.165, 1.54) is 23.6 Å². The number of nitrogens with one attached hydrogen (secondary N) is 3. The van der Waals surface area contributed by atoms with E-state index in [1.807, 2.05) is 11.8 Å². The Kier molecular flexibility index (Phi) is 8.45. The van der Waals surface area contributed by atoms with Crippen molar-refractivity contribution < 1.29 is 27.5 Å². The third-order valence-electron chi connectivity index (χ3n) is 10.1. The number of halogens is 3. The van der Waals surface area contributed by atoms with Crippen LogP contribution in [0.4, 0.5) is 13.2 Å². The van der Waals surface area contributed by atoms with Gasteiger partial charge in [0.05, 0.1) is 47.5 Å². The minimum atomic E-state index is -2.88. The average Bonchev–Trinajstić information content (AvgIpc) is 3.62. The van der Waals surface area contributed by atoms with Crippen LogP contribution in [0.2, 0.25) is 0 Å². The summed E-state index contributed by atoms with van der Waals surface area (Å²) in [6, 6.07) is 10.3. The van der Waals surface area contributed by atoms with Crippen molar-refractivity contribution in [2.45, 2.75) is 75.7 Å². The van der Waals surface area contributed by atoms with Crippen LogP contribution < -0.4 is 20.9 Å². The van der Waals surface area contributed by atoms with E-state index in [9.17, 15) is 22.8 Å². The Bertz CT molecular complexity index is 1630. The number of hydrogen-bond acceptors (Lipinski definition) is 8. The van der Waals surface area contributed by atoms with E-state index < -0.39 is 30.9 Å². The van der Waals surface area contributed by atoms with E-state index in [2.05, 4.69) is 39.4 Å². The molecule has 1 saturated carbocycles. The standard InChI is InChI=1S/C33H39F3N6O3S/c1-18-37-26-10-6-19(13-29(26)46-18)30-22-12-20(7-9-25(22)39-40-30)31(43)38-21-8-11-27(32(44)42-16-33(35,36)17-42)41(14-21)15-23-24(34)4-3-5-28(23)45-2/h3-6,10,13,20-22,25,27,30,39-40H,7-9,11-12,14-17H2,1-2H3,(H,38,43)/t20?,21-,22?,25?,27+,30?/m1/s1. The van der Waals surface area contributed by atoms with Crippen LogP contribution in [-0.4, -0.2) is 77.4 Å². The smallest absolute Gasteiger partial charge is 0.282 e. The van der Waals surface area contributed by atoms with E-state index in [-0.39, 0.29) is 48.3 Å². The Hall–Kier alpha value is -3.26. The number of aromatic nitrogens is 1. The maximum Gasteiger partial charge on any atom is 0.282 e. The number of benzene rings is 2. The number of ether oxygens (including phenoxy) is 1. The van der Waals surface area contributed by atoms with Crippen LogP contribution in [0.1, 0.15) is 54.3 Å². The lowest BCUT2D eigenvalue weighted by Crippen LogP contribution is -2.64. The van der Waals surface area contributed by atoms with Gasteiger partial charge >= 0.3 is 0 Å². The summed E-state index contributed by atoms with van der Waals surface area (Å²) in [6.45, 7) is 1.15. The van der Waals surface area contributed by atoms with Crippen LogP contribution in [-0.2, 0) is 16.1 Å². The predicted octanol–water partition coefficient (Wildman–Crippen LogP) is 4.31. The number of rotatable bonds is 7. The largest absolute Gasteiger partial charge is 0.496 e. The zero-order valence-corrected chi connectivity index (χ0v) is 26.7. The topological polar surface area (TPSA) is 98.8 Å². The van der Waals surface area contributed by atoms with Gasteiger partial charge in [-0.15, -0.1) is 11.3 Å². The first-order valence-corrected chi connectivity index (χ1v) is 16.8. The molecule has 46 heavy (non-hydrogen) atoms. The average molecular weight is 657 g/mol. The van der Waals surface area contributed by atoms with Gasteiger partial charge in [-0.3, -0.25) is 19.9 Å². The number of methoxy groups -OCH3 is 1. The molecule has 0 bridgehead atoms. The molecule has 0 radical (unpaired) electrons. The van der Waals surface area contributed by atoms with Crippen LogP contribution in [0.3, 0.4) is 0 Å². The molecule has 4 heterocycles. The first-order chi connectivity index (χ1) is 22.1. The van der Waals surface area contributed by atoms with Gasteiger partial charge in [-0.2, -0.15) is 0 Å². The molecule has 3 aromatic rings. The zero-order valence-electron chi connectivity index (χ0n) is 25.9. The van der Waals surface area contributed by atoms with Crippen molar-refractivity contribution in [2.75, 3.05) is 26.7 Å². The molecule has 9 nitrogen and oxygen atoms in total. The highest BCUT2D eigenvalue weighted by Crippen LogP contribution is 2.41. The number of fused-ring (bicyclic) bond motifs is 2. The highest BCUT2D eigenvalue weighted by molar-refractivity contribution is 7.18. The van der Waals surface area contributed by atoms with E-state index >= 15 is 0 Å². The number of carbonyl (C=O) groups excluding carboxylic acids is 2. The van der Waals surface area contributed by atoms with Crippen LogP contribution in [0.25, 0.3) is 10.2 Å². The molecule has 4 aliphatic rings. The molecule has 13 heteroatoms. The number of alkyl halides is 2. The summed E-state index contributed by atoms with van der Waals surface area (Å²) in [5.74, 6) is -3.33. The highest BCUT2D eigenvalue weighted by atomic mass is 32.1. The monoisotopic (exact) mass is 656 g/mol. The summed E-state index contributed by atoms with van der Waals surface area (Å²) in [7, 11) is 1.45. The molecule has 1 aliphatic carbocycles. The number of thiazole rings is 1. The Morgan fingerprint density at radius 1 is 1.13 bits per heavy atom. The number of amides is 2. The fraction of sp³-hybridized carbons (Fsp3) is 0.545. The SMILES string of the molecule is COc1cccc(F)c1CN1C[C@H](NC(=O)C2CCC3NNC(c4ccc5nc(C)sc5c4)C3C2)CC[C@H]1C(=O)N1CC(F)(F)C1. The van der Waals surface area contributed by atoms with Gasteiger partial charge in [-0.1, -0.05) is 12.1 Å². The maximum absolute atomic E-state index is 15.0. The fourth-order valence-electron chi connectivity index (χ4n) is 7.78. The normalized spacial score (nSPS) is 29.3. The van der Waals surface area contributed by atoms with Crippen LogP contribution in [0.5, 0.6) is 5.75 Å². The first kappa shape index (κ1) is 31.3. The number of hydrazine groups is 1. The zero-order chi connectivity index (χ0) is 32.2. The Morgan fingerprint density at radius 3 is 2.74 bits per heavy atom. The van der Waals surface area contributed by atoms with Gasteiger partial charge < -0.3 is 15.0 Å². The molecule has 3 saturated heterocycles. The van der Waals surface area contributed by atoms with E-state index in [1.54, 1.807) is 23.5 Å². The highest BCUT2D eigenvalue weighted by Gasteiger charge is 2.49. The van der Waals surface area contributed by atoms with Crippen molar-refractivity contribution in [1.82, 2.24) is 31.0 Å². The summed E-state index contributed by atoms with van der Waals surface area (Å²) in [5, 5.41) is 4.27. The number of carbonyl (C=O) groups is 2. The first-order valence-electron chi connectivity index (χ1n) is 16.0. The maximum atomic E-state index is 15.0. The number of nitrogens with zero attached hydrogens (tertiary/aromatic N) is 3. The molecule has 7 rings (SSSR count). The van der Waals surface area contributed by atoms with Gasteiger partial charge in [-0.25, -0.2) is 23.6 Å². The minimum absolute atomic E-state index is 0.0155. The van der Waals surface area contributed by atoms with Crippen molar-refractivity contribution in [3.05, 3.63) is 58.3 Å². The molecule has 1 aromatic heterocycles. The second kappa shape index (κ2) is 12.4. The molecule has 6 atom stereocenters. The summed E-state index contributed by atoms with van der Waals surface area (Å²) in [5.41, 5.74) is 9.41. The minimum Gasteiger partial charge on any atom is -0.496 e. The Balaban J connectivity index is 1.04. The third kappa shape index (κ3) is 6.10. The molecular formula is C33H39F3N6O3S. The molecular weight excluding hydrogens is 617 g/mol. The molecule has 0 spiro atoms. The van der Waals surface area contributed by atoms with Crippen molar-refractivity contribution in [1.29, 1.82) is 0 Å². The number of piperidine rings is 1.